The van der Waals surface area contributed by atoms with Crippen LogP contribution in [-0.4, -0.2) is 165 Å². The van der Waals surface area contributed by atoms with Crippen molar-refractivity contribution in [2.75, 3.05) is 88.5 Å². The van der Waals surface area contributed by atoms with E-state index in [4.69, 9.17) is 66.4 Å². The summed E-state index contributed by atoms with van der Waals surface area (Å²) < 4.78 is 113. The zero-order valence-corrected chi connectivity index (χ0v) is 87.4. The van der Waals surface area contributed by atoms with E-state index in [-0.39, 0.29) is 55.2 Å². The average Bonchev–Trinajstić information content (AvgIpc) is 1.42. The van der Waals surface area contributed by atoms with Crippen LogP contribution in [0.5, 0.6) is 0 Å². The summed E-state index contributed by atoms with van der Waals surface area (Å²) in [5.74, 6) is 3.44. The maximum atomic E-state index is 13.1. The first-order valence-electron chi connectivity index (χ1n) is 45.8. The molecular weight excluding hydrogens is 2040 g/mol. The third kappa shape index (κ3) is 21.7. The second-order valence-corrected chi connectivity index (χ2v) is 45.1. The van der Waals surface area contributed by atoms with Gasteiger partial charge in [0.2, 0.25) is 50.1 Å². The number of fused-ring (bicyclic) bond motifs is 20. The van der Waals surface area contributed by atoms with E-state index in [1.54, 1.807) is 47.3 Å². The van der Waals surface area contributed by atoms with Gasteiger partial charge in [0.05, 0.1) is 142 Å². The molecule has 10 aliphatic rings. The van der Waals surface area contributed by atoms with E-state index in [0.717, 1.165) is 210 Å². The van der Waals surface area contributed by atoms with Crippen LogP contribution in [0.3, 0.4) is 0 Å². The lowest BCUT2D eigenvalue weighted by atomic mass is 10.0. The van der Waals surface area contributed by atoms with Crippen molar-refractivity contribution in [3.8, 4) is 0 Å². The maximum Gasteiger partial charge on any atom is 0.266 e. The Morgan fingerprint density at radius 3 is 0.623 bits per heavy atom. The number of amides is 5. The molecule has 15 aromatic rings. The number of hydrogen-bond acceptors (Lipinski definition) is 20. The average molecular weight is 2130 g/mol. The molecule has 10 aliphatic heterocycles. The van der Waals surface area contributed by atoms with Crippen LogP contribution in [0.15, 0.2) is 304 Å². The Morgan fingerprint density at radius 1 is 0.240 bits per heavy atom. The zero-order chi connectivity index (χ0) is 105. The van der Waals surface area contributed by atoms with Crippen LogP contribution in [0.1, 0.15) is 121 Å². The SMILES string of the molecule is CC(C)CNS(C)(=O)=O.CCNS(C)(=O)=O.CCNS(C)(=O)=O.CCNS(C)(=O)=O.CCNS(C)(=O)=O.O=C1c2c(Cl)c(Cl)c(Cl)c(Cl)c2C2=Nc3cccc4cccc(c34)N12.O=C1c2ccccc2C2=Nc3cccc4cccc(c34)N12.O=C1c2ccccc2C2=Nc3cccc4cccc(c34)N12.O=C1c2ccccc2C2=Nc3cccc4cccc(c34)N12.O=C1c2ccccc2C2=Nc3cccc4cccc(c34)N12. The third-order valence-corrected chi connectivity index (χ3v) is 29.1. The molecule has 0 aromatic heterocycles. The first-order valence-corrected chi connectivity index (χ1v) is 56.7. The summed E-state index contributed by atoms with van der Waals surface area (Å²) in [5.41, 5.74) is 16.1. The van der Waals surface area contributed by atoms with Gasteiger partial charge in [-0.3, -0.25) is 48.5 Å². The van der Waals surface area contributed by atoms with Gasteiger partial charge in [0, 0.05) is 81.9 Å². The molecule has 746 valence electrons. The normalized spacial score (nSPS) is 14.1. The number of carbonyl (C=O) groups is 5. The molecule has 146 heavy (non-hydrogen) atoms. The summed E-state index contributed by atoms with van der Waals surface area (Å²) in [6.07, 6.45) is 5.70. The van der Waals surface area contributed by atoms with Crippen LogP contribution in [-0.2, 0) is 50.1 Å². The molecule has 25 rings (SSSR count). The molecule has 0 fully saturated rings. The van der Waals surface area contributed by atoms with Crippen LogP contribution in [0, 0.1) is 5.92 Å². The highest BCUT2D eigenvalue weighted by Gasteiger charge is 2.46. The molecule has 0 atom stereocenters. The van der Waals surface area contributed by atoms with E-state index in [9.17, 15) is 66.1 Å². The summed E-state index contributed by atoms with van der Waals surface area (Å²) in [6.45, 7) is 13.3. The highest BCUT2D eigenvalue weighted by molar-refractivity contribution is 7.89. The predicted octanol–water partition coefficient (Wildman–Crippen LogP) is 20.5. The summed E-state index contributed by atoms with van der Waals surface area (Å²) in [6, 6.07) is 90.5. The maximum absolute atomic E-state index is 13.1. The van der Waals surface area contributed by atoms with Gasteiger partial charge in [0.15, 0.2) is 5.84 Å². The molecule has 0 unspecified atom stereocenters. The van der Waals surface area contributed by atoms with Gasteiger partial charge in [-0.15, -0.1) is 0 Å². The van der Waals surface area contributed by atoms with Gasteiger partial charge in [-0.1, -0.05) is 282 Å². The van der Waals surface area contributed by atoms with Crippen LogP contribution >= 0.6 is 46.4 Å². The number of hydrogen-bond donors (Lipinski definition) is 5. The summed E-state index contributed by atoms with van der Waals surface area (Å²) in [7, 11) is -14.7. The number of nitrogens with zero attached hydrogens (tertiary/aromatic N) is 10. The number of anilines is 5. The van der Waals surface area contributed by atoms with E-state index >= 15 is 0 Å². The Kier molecular flexibility index (Phi) is 30.9. The van der Waals surface area contributed by atoms with Crippen molar-refractivity contribution in [3.63, 3.8) is 0 Å². The lowest BCUT2D eigenvalue weighted by Crippen LogP contribution is -2.31. The molecule has 15 aromatic carbocycles. The topological polar surface area (TPSA) is 394 Å². The highest BCUT2D eigenvalue weighted by atomic mass is 35.5. The number of aliphatic imine (C=N–C) groups is 5. The molecule has 0 spiro atoms. The molecule has 39 heteroatoms. The minimum atomic E-state index is -2.97. The van der Waals surface area contributed by atoms with Gasteiger partial charge in [-0.05, 0) is 118 Å². The summed E-state index contributed by atoms with van der Waals surface area (Å²) >= 11 is 25.0. The molecule has 0 saturated carbocycles. The van der Waals surface area contributed by atoms with Crippen molar-refractivity contribution in [2.45, 2.75) is 41.5 Å². The fourth-order valence-electron chi connectivity index (χ4n) is 17.7. The molecular formula is C107H95Cl4N15O15S5. The first kappa shape index (κ1) is 105. The highest BCUT2D eigenvalue weighted by Crippen LogP contribution is 2.52. The molecule has 5 N–H and O–H groups in total. The Morgan fingerprint density at radius 2 is 0.432 bits per heavy atom. The van der Waals surface area contributed by atoms with Crippen LogP contribution < -0.4 is 48.1 Å². The number of carbonyl (C=O) groups excluding carboxylic acids is 5. The molecule has 0 radical (unpaired) electrons. The second-order valence-electron chi connectivity index (χ2n) is 34.4. The Labute approximate surface area is 864 Å². The molecule has 5 amide bonds. The molecule has 10 heterocycles. The van der Waals surface area contributed by atoms with Gasteiger partial charge in [-0.25, -0.2) is 90.7 Å². The minimum absolute atomic E-state index is 0.00588. The lowest BCUT2D eigenvalue weighted by molar-refractivity contribution is 0.0999. The van der Waals surface area contributed by atoms with Gasteiger partial charge >= 0.3 is 0 Å². The van der Waals surface area contributed by atoms with Gasteiger partial charge < -0.3 is 0 Å². The monoisotopic (exact) mass is 2130 g/mol. The van der Waals surface area contributed by atoms with Crippen molar-refractivity contribution >= 4 is 266 Å². The van der Waals surface area contributed by atoms with E-state index in [2.05, 4.69) is 77.1 Å². The molecule has 0 aliphatic carbocycles. The van der Waals surface area contributed by atoms with E-state index in [1.165, 1.54) is 4.90 Å². The standard InChI is InChI=1S/C18H6Cl4N2O.4C18H10N2O.C5H13NO2S.4C3H9NO2S/c19-13-11-12(14(20)16(22)15(13)21)18(25)24-9-6-2-4-7-3-1-5-8(10(7)9)23-17(11)24;4*21-18-13-8-2-1-7-12(13)17-19-14-9-3-5-11-6-4-10-15(16(11)14)20(17)18;1-5(2)4-6-9(3,7)8;4*1-3-4-7(2,5)6/h1-6H;4*1-10H;5-6H,4H2,1-3H3;4*4H,3H2,1-2H3. The van der Waals surface area contributed by atoms with Crippen molar-refractivity contribution in [1.29, 1.82) is 0 Å². The van der Waals surface area contributed by atoms with E-state index < -0.39 is 50.1 Å². The van der Waals surface area contributed by atoms with E-state index in [1.807, 2.05) is 244 Å². The number of benzene rings is 15. The van der Waals surface area contributed by atoms with Crippen LogP contribution in [0.25, 0.3) is 53.9 Å². The zero-order valence-electron chi connectivity index (χ0n) is 80.3. The number of rotatable bonds is 11. The Bertz CT molecular complexity index is 7950. The van der Waals surface area contributed by atoms with Gasteiger partial charge in [0.1, 0.15) is 23.3 Å². The van der Waals surface area contributed by atoms with Crippen LogP contribution in [0.2, 0.25) is 20.1 Å². The van der Waals surface area contributed by atoms with Crippen molar-refractivity contribution in [1.82, 2.24) is 23.6 Å². The number of amidine groups is 5. The third-order valence-electron chi connectivity index (χ3n) is 23.4. The quantitative estimate of drug-likeness (QED) is 0.0593. The Hall–Kier alpha value is -14.0. The number of halogens is 4. The number of sulfonamides is 5. The van der Waals surface area contributed by atoms with E-state index in [0.29, 0.717) is 50.0 Å². The summed E-state index contributed by atoms with van der Waals surface area (Å²) in [4.78, 5) is 96.1. The van der Waals surface area contributed by atoms with Gasteiger partial charge in [-0.2, -0.15) is 0 Å². The largest absolute Gasteiger partial charge is 0.268 e. The first-order chi connectivity index (χ1) is 69.5. The molecule has 0 saturated heterocycles. The van der Waals surface area contributed by atoms with Crippen LogP contribution in [0.4, 0.5) is 56.9 Å². The Balaban J connectivity index is 0.000000120. The predicted molar refractivity (Wildman–Crippen MR) is 589 cm³/mol. The smallest absolute Gasteiger partial charge is 0.266 e. The van der Waals surface area contributed by atoms with Gasteiger partial charge in [0.25, 0.3) is 29.5 Å². The molecule has 30 nitrogen and oxygen atoms in total. The summed E-state index contributed by atoms with van der Waals surface area (Å²) in [5, 5.41) is 11.0. The lowest BCUT2D eigenvalue weighted by Gasteiger charge is -2.24. The fourth-order valence-corrected chi connectivity index (χ4v) is 21.4. The number of nitrogens with one attached hydrogen (secondary N) is 5. The fraction of sp³-hybridized carbons (Fsp3) is 0.159. The van der Waals surface area contributed by atoms with Crippen molar-refractivity contribution < 1.29 is 66.1 Å². The second kappa shape index (κ2) is 43.0. The van der Waals surface area contributed by atoms with Crippen molar-refractivity contribution in [2.24, 2.45) is 30.9 Å². The van der Waals surface area contributed by atoms with Crippen molar-refractivity contribution in [3.05, 3.63) is 355 Å². The molecule has 0 bridgehead atoms. The minimum Gasteiger partial charge on any atom is -0.268 e.